The number of hydrogen-bond acceptors (Lipinski definition) is 3. The van der Waals surface area contributed by atoms with Crippen molar-refractivity contribution in [2.75, 3.05) is 37.2 Å². The average Bonchev–Trinajstić information content (AvgIpc) is 2.84. The number of nitrogens with zero attached hydrogens (tertiary/aromatic N) is 2. The van der Waals surface area contributed by atoms with Gasteiger partial charge >= 0.3 is 12.1 Å². The van der Waals surface area contributed by atoms with Gasteiger partial charge in [-0.15, -0.1) is 0 Å². The highest BCUT2D eigenvalue weighted by Gasteiger charge is 2.22. The molecule has 3 rings (SSSR count). The van der Waals surface area contributed by atoms with E-state index in [1.807, 2.05) is 40.9 Å². The van der Waals surface area contributed by atoms with E-state index in [9.17, 15) is 9.59 Å². The van der Waals surface area contributed by atoms with Gasteiger partial charge in [-0.3, -0.25) is 0 Å². The number of carbonyl (C=O) groups excluding carboxylic acids is 2. The predicted octanol–water partition coefficient (Wildman–Crippen LogP) is 2.57. The molecule has 2 fully saturated rings. The molecule has 2 N–H and O–H groups in total. The lowest BCUT2D eigenvalue weighted by Crippen LogP contribution is -2.37. The van der Waals surface area contributed by atoms with Crippen LogP contribution in [0.3, 0.4) is 0 Å². The standard InChI is InChI=1S/C17H24N4O2S/c1-13-6-8-20(10-11-24-13)17(23)19-15-5-3-2-4-14(15)12-21-9-7-18-16(21)22/h2-5,13H,6-12H2,1H3,(H,18,22)(H,19,23)/t13-/m0/s1. The van der Waals surface area contributed by atoms with Crippen LogP contribution in [0.15, 0.2) is 24.3 Å². The second-order valence-corrected chi connectivity index (χ2v) is 7.74. The summed E-state index contributed by atoms with van der Waals surface area (Å²) in [5.74, 6) is 0.976. The summed E-state index contributed by atoms with van der Waals surface area (Å²) in [5.41, 5.74) is 1.74. The zero-order chi connectivity index (χ0) is 16.9. The van der Waals surface area contributed by atoms with Crippen LogP contribution in [-0.4, -0.2) is 59.0 Å². The Balaban J connectivity index is 1.66. The first kappa shape index (κ1) is 17.0. The van der Waals surface area contributed by atoms with Crippen molar-refractivity contribution >= 4 is 29.5 Å². The Kier molecular flexibility index (Phi) is 5.50. The maximum atomic E-state index is 12.6. The van der Waals surface area contributed by atoms with Gasteiger partial charge in [-0.2, -0.15) is 11.8 Å². The lowest BCUT2D eigenvalue weighted by Gasteiger charge is -2.22. The average molecular weight is 348 g/mol. The van der Waals surface area contributed by atoms with Gasteiger partial charge in [-0.25, -0.2) is 9.59 Å². The summed E-state index contributed by atoms with van der Waals surface area (Å²) in [6.07, 6.45) is 1.02. The zero-order valence-corrected chi connectivity index (χ0v) is 14.8. The first-order valence-electron chi connectivity index (χ1n) is 8.41. The molecule has 0 unspecified atom stereocenters. The van der Waals surface area contributed by atoms with Crippen molar-refractivity contribution in [3.8, 4) is 0 Å². The topological polar surface area (TPSA) is 64.7 Å². The normalized spacial score (nSPS) is 21.4. The van der Waals surface area contributed by atoms with Crippen molar-refractivity contribution in [2.24, 2.45) is 0 Å². The van der Waals surface area contributed by atoms with E-state index in [1.165, 1.54) is 0 Å². The fourth-order valence-corrected chi connectivity index (χ4v) is 3.94. The van der Waals surface area contributed by atoms with Crippen molar-refractivity contribution in [3.63, 3.8) is 0 Å². The number of hydrogen-bond donors (Lipinski definition) is 2. The van der Waals surface area contributed by atoms with Crippen molar-refractivity contribution in [2.45, 2.75) is 25.1 Å². The van der Waals surface area contributed by atoms with E-state index in [1.54, 1.807) is 4.90 Å². The number of carbonyl (C=O) groups is 2. The number of anilines is 1. The molecule has 0 saturated carbocycles. The number of thioether (sulfide) groups is 1. The Morgan fingerprint density at radius 2 is 2.17 bits per heavy atom. The highest BCUT2D eigenvalue weighted by Crippen LogP contribution is 2.21. The smallest absolute Gasteiger partial charge is 0.321 e. The van der Waals surface area contributed by atoms with Crippen LogP contribution in [-0.2, 0) is 6.54 Å². The summed E-state index contributed by atoms with van der Waals surface area (Å²) in [4.78, 5) is 28.0. The molecule has 2 saturated heterocycles. The number of amides is 4. The predicted molar refractivity (Wildman–Crippen MR) is 97.4 cm³/mol. The molecule has 24 heavy (non-hydrogen) atoms. The first-order valence-corrected chi connectivity index (χ1v) is 9.46. The number of nitrogens with one attached hydrogen (secondary N) is 2. The van der Waals surface area contributed by atoms with Crippen LogP contribution in [0.4, 0.5) is 15.3 Å². The molecule has 0 bridgehead atoms. The largest absolute Gasteiger partial charge is 0.336 e. The van der Waals surface area contributed by atoms with Gasteiger partial charge in [0.15, 0.2) is 0 Å². The van der Waals surface area contributed by atoms with Crippen molar-refractivity contribution in [1.29, 1.82) is 0 Å². The third kappa shape index (κ3) is 4.14. The Labute approximate surface area is 146 Å². The molecule has 0 aromatic heterocycles. The van der Waals surface area contributed by atoms with E-state index in [0.29, 0.717) is 24.9 Å². The summed E-state index contributed by atoms with van der Waals surface area (Å²) >= 11 is 1.92. The van der Waals surface area contributed by atoms with Crippen LogP contribution in [0.1, 0.15) is 18.9 Å². The number of urea groups is 2. The maximum Gasteiger partial charge on any atom is 0.321 e. The van der Waals surface area contributed by atoms with Gasteiger partial charge < -0.3 is 20.4 Å². The van der Waals surface area contributed by atoms with Crippen molar-refractivity contribution in [1.82, 2.24) is 15.1 Å². The van der Waals surface area contributed by atoms with Crippen LogP contribution in [0.25, 0.3) is 0 Å². The highest BCUT2D eigenvalue weighted by molar-refractivity contribution is 7.99. The molecule has 1 atom stereocenters. The maximum absolute atomic E-state index is 12.6. The quantitative estimate of drug-likeness (QED) is 0.882. The van der Waals surface area contributed by atoms with E-state index in [0.717, 1.165) is 36.5 Å². The van der Waals surface area contributed by atoms with Crippen LogP contribution in [0.5, 0.6) is 0 Å². The Bertz CT molecular complexity index is 610. The van der Waals surface area contributed by atoms with Crippen molar-refractivity contribution < 1.29 is 9.59 Å². The van der Waals surface area contributed by atoms with E-state index in [2.05, 4.69) is 17.6 Å². The second-order valence-electron chi connectivity index (χ2n) is 6.20. The Morgan fingerprint density at radius 3 is 2.96 bits per heavy atom. The summed E-state index contributed by atoms with van der Waals surface area (Å²) in [5, 5.41) is 6.43. The number of para-hydroxylation sites is 1. The van der Waals surface area contributed by atoms with Gasteiger partial charge in [0.1, 0.15) is 0 Å². The molecular formula is C17H24N4O2S. The minimum absolute atomic E-state index is 0.0466. The monoisotopic (exact) mass is 348 g/mol. The lowest BCUT2D eigenvalue weighted by molar-refractivity contribution is 0.215. The molecule has 0 radical (unpaired) electrons. The summed E-state index contributed by atoms with van der Waals surface area (Å²) in [6, 6.07) is 7.60. The second kappa shape index (κ2) is 7.79. The molecule has 0 aliphatic carbocycles. The van der Waals surface area contributed by atoms with Crippen LogP contribution < -0.4 is 10.6 Å². The van der Waals surface area contributed by atoms with Gasteiger partial charge in [0.05, 0.1) is 0 Å². The molecule has 7 heteroatoms. The molecule has 130 valence electrons. The molecular weight excluding hydrogens is 324 g/mol. The summed E-state index contributed by atoms with van der Waals surface area (Å²) < 4.78 is 0. The van der Waals surface area contributed by atoms with E-state index in [4.69, 9.17) is 0 Å². The lowest BCUT2D eigenvalue weighted by atomic mass is 10.1. The molecule has 4 amide bonds. The van der Waals surface area contributed by atoms with E-state index in [-0.39, 0.29) is 12.1 Å². The van der Waals surface area contributed by atoms with Gasteiger partial charge in [-0.1, -0.05) is 25.1 Å². The molecule has 2 aliphatic heterocycles. The van der Waals surface area contributed by atoms with Crippen LogP contribution >= 0.6 is 11.8 Å². The third-order valence-electron chi connectivity index (χ3n) is 4.42. The van der Waals surface area contributed by atoms with Crippen LogP contribution in [0.2, 0.25) is 0 Å². The Morgan fingerprint density at radius 1 is 1.33 bits per heavy atom. The molecule has 2 heterocycles. The molecule has 1 aromatic rings. The third-order valence-corrected chi connectivity index (χ3v) is 5.64. The van der Waals surface area contributed by atoms with E-state index < -0.39 is 0 Å². The molecule has 6 nitrogen and oxygen atoms in total. The fraction of sp³-hybridized carbons (Fsp3) is 0.529. The SMILES string of the molecule is C[C@H]1CCN(C(=O)Nc2ccccc2CN2CCNC2=O)CCS1. The summed E-state index contributed by atoms with van der Waals surface area (Å²) in [6.45, 7) is 5.66. The van der Waals surface area contributed by atoms with Gasteiger partial charge in [0.25, 0.3) is 0 Å². The molecule has 0 spiro atoms. The summed E-state index contributed by atoms with van der Waals surface area (Å²) in [7, 11) is 0. The minimum Gasteiger partial charge on any atom is -0.336 e. The fourth-order valence-electron chi connectivity index (χ4n) is 2.94. The zero-order valence-electron chi connectivity index (χ0n) is 14.0. The first-order chi connectivity index (χ1) is 11.6. The number of benzene rings is 1. The van der Waals surface area contributed by atoms with Crippen LogP contribution in [0, 0.1) is 0 Å². The highest BCUT2D eigenvalue weighted by atomic mass is 32.2. The van der Waals surface area contributed by atoms with E-state index >= 15 is 0 Å². The minimum atomic E-state index is -0.0528. The number of rotatable bonds is 3. The molecule has 2 aliphatic rings. The van der Waals surface area contributed by atoms with Crippen molar-refractivity contribution in [3.05, 3.63) is 29.8 Å². The Hall–Kier alpha value is -1.89. The molecule has 1 aromatic carbocycles. The van der Waals surface area contributed by atoms with Gasteiger partial charge in [-0.05, 0) is 18.1 Å². The van der Waals surface area contributed by atoms with Gasteiger partial charge in [0.2, 0.25) is 0 Å². The van der Waals surface area contributed by atoms with Gasteiger partial charge in [0, 0.05) is 49.4 Å².